The Balaban J connectivity index is 1.74. The van der Waals surface area contributed by atoms with Crippen LogP contribution in [0.15, 0.2) is 93.9 Å². The molecule has 1 aliphatic rings. The molecule has 1 aliphatic heterocycles. The Morgan fingerprint density at radius 1 is 1.02 bits per heavy atom. The minimum atomic E-state index is -0.730. The molecule has 3 aromatic rings. The first kappa shape index (κ1) is 30.5. The molecule has 2 heterocycles. The fourth-order valence-electron chi connectivity index (χ4n) is 4.76. The fourth-order valence-corrected chi connectivity index (χ4v) is 5.86. The molecule has 2 aromatic carbocycles. The van der Waals surface area contributed by atoms with Gasteiger partial charge < -0.3 is 14.2 Å². The number of nitrogens with zero attached hydrogens (tertiary/aromatic N) is 2. The van der Waals surface area contributed by atoms with Gasteiger partial charge in [0, 0.05) is 11.1 Å². The van der Waals surface area contributed by atoms with Crippen molar-refractivity contribution in [3.63, 3.8) is 0 Å². The minimum Gasteiger partial charge on any atom is -0.496 e. The number of carbonyl (C=O) groups excluding carboxylic acids is 1. The number of hydrogen-bond acceptors (Lipinski definition) is 7. The highest BCUT2D eigenvalue weighted by Crippen LogP contribution is 2.35. The SMILES string of the molecule is C=C(OCC)c1ccc(/C(C)=C/C=C(C)/C=c2/sc3n(c2=O)C(c2ccccc2OC)C(C(=O)OCC)=C(C)N=3)cc1. The molecule has 218 valence electrons. The zero-order valence-corrected chi connectivity index (χ0v) is 25.7. The Bertz CT molecular complexity index is 1770. The fraction of sp³-hybridized carbons (Fsp3) is 0.265. The molecule has 0 saturated heterocycles. The normalized spacial score (nSPS) is 15.7. The van der Waals surface area contributed by atoms with Gasteiger partial charge in [0.1, 0.15) is 17.6 Å². The molecule has 0 radical (unpaired) electrons. The van der Waals surface area contributed by atoms with Gasteiger partial charge in [0.2, 0.25) is 0 Å². The van der Waals surface area contributed by atoms with Gasteiger partial charge in [0.05, 0.1) is 36.1 Å². The molecule has 4 rings (SSSR count). The van der Waals surface area contributed by atoms with Crippen LogP contribution in [-0.2, 0) is 14.3 Å². The van der Waals surface area contributed by atoms with Crippen molar-refractivity contribution in [2.24, 2.45) is 4.99 Å². The van der Waals surface area contributed by atoms with E-state index in [0.717, 1.165) is 22.3 Å². The number of fused-ring (bicyclic) bond motifs is 1. The lowest BCUT2D eigenvalue weighted by Crippen LogP contribution is -2.40. The number of benzene rings is 2. The van der Waals surface area contributed by atoms with E-state index >= 15 is 0 Å². The third-order valence-electron chi connectivity index (χ3n) is 6.89. The quantitative estimate of drug-likeness (QED) is 0.171. The number of allylic oxidation sites excluding steroid dienone is 5. The van der Waals surface area contributed by atoms with Crippen molar-refractivity contribution >= 4 is 34.7 Å². The summed E-state index contributed by atoms with van der Waals surface area (Å²) in [6, 6.07) is 14.7. The summed E-state index contributed by atoms with van der Waals surface area (Å²) in [5.74, 6) is 0.719. The largest absolute Gasteiger partial charge is 0.496 e. The van der Waals surface area contributed by atoms with Crippen LogP contribution in [0.4, 0.5) is 0 Å². The van der Waals surface area contributed by atoms with E-state index in [9.17, 15) is 9.59 Å². The van der Waals surface area contributed by atoms with Crippen molar-refractivity contribution in [3.05, 3.63) is 120 Å². The Morgan fingerprint density at radius 3 is 2.36 bits per heavy atom. The van der Waals surface area contributed by atoms with Crippen molar-refractivity contribution in [2.75, 3.05) is 20.3 Å². The van der Waals surface area contributed by atoms with E-state index < -0.39 is 12.0 Å². The van der Waals surface area contributed by atoms with Crippen LogP contribution >= 0.6 is 11.3 Å². The third-order valence-corrected chi connectivity index (χ3v) is 7.87. The Morgan fingerprint density at radius 2 is 1.69 bits per heavy atom. The summed E-state index contributed by atoms with van der Waals surface area (Å²) in [6.45, 7) is 14.2. The van der Waals surface area contributed by atoms with Crippen LogP contribution in [0.3, 0.4) is 0 Å². The molecule has 7 nitrogen and oxygen atoms in total. The number of aromatic nitrogens is 1. The summed E-state index contributed by atoms with van der Waals surface area (Å²) in [4.78, 5) is 32.1. The predicted molar refractivity (Wildman–Crippen MR) is 169 cm³/mol. The van der Waals surface area contributed by atoms with Crippen molar-refractivity contribution in [1.29, 1.82) is 0 Å². The first-order valence-electron chi connectivity index (χ1n) is 13.8. The predicted octanol–water partition coefficient (Wildman–Crippen LogP) is 5.82. The average Bonchev–Trinajstić information content (AvgIpc) is 3.29. The van der Waals surface area contributed by atoms with Crippen molar-refractivity contribution < 1.29 is 19.0 Å². The first-order valence-corrected chi connectivity index (χ1v) is 14.6. The van der Waals surface area contributed by atoms with Gasteiger partial charge in [-0.1, -0.05) is 72.5 Å². The number of carbonyl (C=O) groups is 1. The Kier molecular flexibility index (Phi) is 9.80. The van der Waals surface area contributed by atoms with Gasteiger partial charge in [-0.3, -0.25) is 9.36 Å². The van der Waals surface area contributed by atoms with Gasteiger partial charge in [-0.05, 0) is 63.5 Å². The maximum Gasteiger partial charge on any atom is 0.338 e. The van der Waals surface area contributed by atoms with Gasteiger partial charge in [-0.15, -0.1) is 0 Å². The standard InChI is InChI=1S/C34H36N2O5S/c1-8-40-24(6)26-18-16-25(17-19-26)22(4)15-14-21(3)20-29-32(37)36-31(27-12-10-11-13-28(27)39-7)30(33(38)41-9-2)23(5)35-34(36)42-29/h10-20,31H,6,8-9H2,1-5,7H3/b21-14+,22-15+,29-20+. The van der Waals surface area contributed by atoms with Crippen LogP contribution in [0.25, 0.3) is 17.4 Å². The summed E-state index contributed by atoms with van der Waals surface area (Å²) >= 11 is 1.29. The van der Waals surface area contributed by atoms with Crippen LogP contribution < -0.4 is 19.6 Å². The van der Waals surface area contributed by atoms with E-state index in [-0.39, 0.29) is 12.2 Å². The third kappa shape index (κ3) is 6.39. The monoisotopic (exact) mass is 584 g/mol. The summed E-state index contributed by atoms with van der Waals surface area (Å²) in [5.41, 5.74) is 5.28. The van der Waals surface area contributed by atoms with E-state index in [2.05, 4.69) is 11.6 Å². The minimum absolute atomic E-state index is 0.211. The highest BCUT2D eigenvalue weighted by molar-refractivity contribution is 7.07. The molecule has 0 aliphatic carbocycles. The molecule has 0 bridgehead atoms. The number of hydrogen-bond donors (Lipinski definition) is 0. The topological polar surface area (TPSA) is 79.1 Å². The number of rotatable bonds is 10. The van der Waals surface area contributed by atoms with Crippen molar-refractivity contribution in [3.8, 4) is 5.75 Å². The van der Waals surface area contributed by atoms with Gasteiger partial charge in [-0.25, -0.2) is 9.79 Å². The maximum absolute atomic E-state index is 13.9. The molecule has 1 unspecified atom stereocenters. The van der Waals surface area contributed by atoms with Gasteiger partial charge >= 0.3 is 5.97 Å². The number of methoxy groups -OCH3 is 1. The second-order valence-electron chi connectivity index (χ2n) is 9.74. The summed E-state index contributed by atoms with van der Waals surface area (Å²) in [6.07, 6.45) is 5.86. The molecule has 0 N–H and O–H groups in total. The lowest BCUT2D eigenvalue weighted by atomic mass is 9.95. The molecule has 8 heteroatoms. The van der Waals surface area contributed by atoms with Crippen LogP contribution in [-0.4, -0.2) is 30.9 Å². The maximum atomic E-state index is 13.9. The van der Waals surface area contributed by atoms with E-state index in [1.54, 1.807) is 25.5 Å². The van der Waals surface area contributed by atoms with Crippen LogP contribution in [0, 0.1) is 0 Å². The van der Waals surface area contributed by atoms with E-state index in [1.165, 1.54) is 11.3 Å². The van der Waals surface area contributed by atoms with E-state index in [4.69, 9.17) is 14.2 Å². The summed E-state index contributed by atoms with van der Waals surface area (Å²) in [7, 11) is 1.57. The number of thiazole rings is 1. The van der Waals surface area contributed by atoms with Gasteiger partial charge in [0.15, 0.2) is 4.80 Å². The smallest absolute Gasteiger partial charge is 0.338 e. The first-order chi connectivity index (χ1) is 20.2. The number of esters is 1. The average molecular weight is 585 g/mol. The molecular formula is C34H36N2O5S. The van der Waals surface area contributed by atoms with Gasteiger partial charge in [-0.2, -0.15) is 0 Å². The molecule has 0 amide bonds. The molecule has 0 fully saturated rings. The number of ether oxygens (including phenoxy) is 3. The van der Waals surface area contributed by atoms with Crippen LogP contribution in [0.5, 0.6) is 5.75 Å². The molecule has 1 aromatic heterocycles. The second kappa shape index (κ2) is 13.5. The highest BCUT2D eigenvalue weighted by atomic mass is 32.1. The van der Waals surface area contributed by atoms with Crippen LogP contribution in [0.2, 0.25) is 0 Å². The second-order valence-corrected chi connectivity index (χ2v) is 10.7. The van der Waals surface area contributed by atoms with Crippen molar-refractivity contribution in [2.45, 2.75) is 40.7 Å². The van der Waals surface area contributed by atoms with Gasteiger partial charge in [0.25, 0.3) is 5.56 Å². The van der Waals surface area contributed by atoms with E-state index in [1.807, 2.05) is 87.5 Å². The van der Waals surface area contributed by atoms with Crippen LogP contribution in [0.1, 0.15) is 57.4 Å². The molecule has 0 saturated carbocycles. The van der Waals surface area contributed by atoms with E-state index in [0.29, 0.717) is 44.3 Å². The Labute approximate surface area is 250 Å². The summed E-state index contributed by atoms with van der Waals surface area (Å²) in [5, 5.41) is 0. The lowest BCUT2D eigenvalue weighted by molar-refractivity contribution is -0.139. The Hall–Kier alpha value is -4.43. The highest BCUT2D eigenvalue weighted by Gasteiger charge is 2.34. The van der Waals surface area contributed by atoms with Crippen molar-refractivity contribution in [1.82, 2.24) is 4.57 Å². The summed E-state index contributed by atoms with van der Waals surface area (Å²) < 4.78 is 18.6. The zero-order valence-electron chi connectivity index (χ0n) is 24.9. The molecule has 0 spiro atoms. The number of para-hydroxylation sites is 1. The molecular weight excluding hydrogens is 548 g/mol. The lowest BCUT2D eigenvalue weighted by Gasteiger charge is -2.25. The zero-order chi connectivity index (χ0) is 30.4. The molecule has 1 atom stereocenters. The molecule has 42 heavy (non-hydrogen) atoms.